The largest absolute Gasteiger partial charge is 0.497 e. The van der Waals surface area contributed by atoms with Crippen molar-refractivity contribution < 1.29 is 13.2 Å². The number of nitrogens with zero attached hydrogens (tertiary/aromatic N) is 1. The number of nitrogens with one attached hydrogen (secondary N) is 1. The first-order valence-corrected chi connectivity index (χ1v) is 10.7. The lowest BCUT2D eigenvalue weighted by atomic mass is 9.90. The van der Waals surface area contributed by atoms with Crippen molar-refractivity contribution in [3.8, 4) is 5.75 Å². The molecule has 0 saturated carbocycles. The molecule has 0 unspecified atom stereocenters. The molecule has 1 aliphatic heterocycles. The molecule has 2 aromatic carbocycles. The minimum atomic E-state index is -3.48. The van der Waals surface area contributed by atoms with E-state index in [2.05, 4.69) is 4.98 Å². The Labute approximate surface area is 164 Å². The third-order valence-electron chi connectivity index (χ3n) is 5.27. The maximum absolute atomic E-state index is 12.8. The van der Waals surface area contributed by atoms with E-state index in [1.165, 1.54) is 5.56 Å². The highest BCUT2D eigenvalue weighted by atomic mass is 35.5. The van der Waals surface area contributed by atoms with Crippen molar-refractivity contribution in [2.24, 2.45) is 0 Å². The quantitative estimate of drug-likeness (QED) is 0.701. The Morgan fingerprint density at radius 1 is 1.11 bits per heavy atom. The number of halogens is 1. The number of benzene rings is 2. The highest BCUT2D eigenvalue weighted by Gasteiger charge is 2.30. The lowest BCUT2D eigenvalue weighted by molar-refractivity contribution is 0.320. The highest BCUT2D eigenvalue weighted by Crippen LogP contribution is 2.36. The summed E-state index contributed by atoms with van der Waals surface area (Å²) in [4.78, 5) is 3.60. The molecule has 0 amide bonds. The molecule has 4 rings (SSSR count). The van der Waals surface area contributed by atoms with E-state index >= 15 is 0 Å². The summed E-state index contributed by atoms with van der Waals surface area (Å²) in [6, 6.07) is 12.3. The Morgan fingerprint density at radius 3 is 2.48 bits per heavy atom. The lowest BCUT2D eigenvalue weighted by Gasteiger charge is -2.31. The number of hydrogen-bond donors (Lipinski definition) is 1. The smallest absolute Gasteiger partial charge is 0.243 e. The van der Waals surface area contributed by atoms with Gasteiger partial charge in [-0.1, -0.05) is 11.6 Å². The van der Waals surface area contributed by atoms with E-state index in [9.17, 15) is 8.42 Å². The third kappa shape index (κ3) is 3.45. The molecule has 7 heteroatoms. The SMILES string of the molecule is COc1ccc2[nH]cc(C3CCN(S(=O)(=O)c4ccc(Cl)cc4)CC3)c2c1. The third-order valence-corrected chi connectivity index (χ3v) is 7.43. The van der Waals surface area contributed by atoms with Crippen molar-refractivity contribution in [3.63, 3.8) is 0 Å². The molecule has 0 radical (unpaired) electrons. The molecule has 0 atom stereocenters. The molecule has 1 aromatic heterocycles. The zero-order chi connectivity index (χ0) is 19.0. The van der Waals surface area contributed by atoms with E-state index in [-0.39, 0.29) is 0 Å². The second-order valence-corrected chi connectivity index (χ2v) is 9.16. The highest BCUT2D eigenvalue weighted by molar-refractivity contribution is 7.89. The van der Waals surface area contributed by atoms with Gasteiger partial charge < -0.3 is 9.72 Å². The number of ether oxygens (including phenoxy) is 1. The zero-order valence-corrected chi connectivity index (χ0v) is 16.6. The van der Waals surface area contributed by atoms with Crippen LogP contribution >= 0.6 is 11.6 Å². The number of sulfonamides is 1. The molecule has 1 saturated heterocycles. The summed E-state index contributed by atoms with van der Waals surface area (Å²) in [6.07, 6.45) is 3.62. The van der Waals surface area contributed by atoms with Gasteiger partial charge in [0.05, 0.1) is 12.0 Å². The summed E-state index contributed by atoms with van der Waals surface area (Å²) >= 11 is 5.87. The van der Waals surface area contributed by atoms with Crippen LogP contribution in [0.4, 0.5) is 0 Å². The fourth-order valence-electron chi connectivity index (χ4n) is 3.75. The fourth-order valence-corrected chi connectivity index (χ4v) is 5.34. The van der Waals surface area contributed by atoms with Crippen LogP contribution in [-0.4, -0.2) is 37.9 Å². The number of fused-ring (bicyclic) bond motifs is 1. The van der Waals surface area contributed by atoms with Crippen molar-refractivity contribution in [2.75, 3.05) is 20.2 Å². The van der Waals surface area contributed by atoms with Gasteiger partial charge in [-0.05, 0) is 66.8 Å². The van der Waals surface area contributed by atoms with Crippen LogP contribution in [0.1, 0.15) is 24.3 Å². The van der Waals surface area contributed by atoms with Crippen LogP contribution in [0.25, 0.3) is 10.9 Å². The normalized spacial score (nSPS) is 16.7. The van der Waals surface area contributed by atoms with Crippen LogP contribution in [0.5, 0.6) is 5.75 Å². The van der Waals surface area contributed by atoms with Crippen molar-refractivity contribution in [3.05, 3.63) is 59.2 Å². The van der Waals surface area contributed by atoms with E-state index in [1.54, 1.807) is 35.7 Å². The molecule has 1 fully saturated rings. The van der Waals surface area contributed by atoms with Gasteiger partial charge in [-0.3, -0.25) is 0 Å². The van der Waals surface area contributed by atoms with Gasteiger partial charge in [0.25, 0.3) is 0 Å². The van der Waals surface area contributed by atoms with Gasteiger partial charge in [0, 0.05) is 35.2 Å². The first-order valence-electron chi connectivity index (χ1n) is 8.90. The Hall–Kier alpha value is -2.02. The van der Waals surface area contributed by atoms with Crippen LogP contribution in [-0.2, 0) is 10.0 Å². The minimum absolute atomic E-state index is 0.294. The Kier molecular flexibility index (Phi) is 4.88. The minimum Gasteiger partial charge on any atom is -0.497 e. The van der Waals surface area contributed by atoms with Crippen LogP contribution in [0.15, 0.2) is 53.6 Å². The van der Waals surface area contributed by atoms with Crippen LogP contribution in [0, 0.1) is 0 Å². The van der Waals surface area contributed by atoms with E-state index < -0.39 is 10.0 Å². The van der Waals surface area contributed by atoms with E-state index in [0.29, 0.717) is 28.9 Å². The molecule has 27 heavy (non-hydrogen) atoms. The first kappa shape index (κ1) is 18.3. The average Bonchev–Trinajstić information content (AvgIpc) is 3.11. The summed E-state index contributed by atoms with van der Waals surface area (Å²) in [7, 11) is -1.82. The first-order chi connectivity index (χ1) is 13.0. The van der Waals surface area contributed by atoms with Crippen LogP contribution in [0.2, 0.25) is 5.02 Å². The Morgan fingerprint density at radius 2 is 1.81 bits per heavy atom. The van der Waals surface area contributed by atoms with Gasteiger partial charge in [-0.2, -0.15) is 4.31 Å². The maximum atomic E-state index is 12.8. The summed E-state index contributed by atoms with van der Waals surface area (Å²) < 4.78 is 32.6. The summed E-state index contributed by atoms with van der Waals surface area (Å²) in [6.45, 7) is 1.01. The second kappa shape index (κ2) is 7.19. The maximum Gasteiger partial charge on any atom is 0.243 e. The van der Waals surface area contributed by atoms with Crippen molar-refractivity contribution in [1.82, 2.24) is 9.29 Å². The molecule has 0 bridgehead atoms. The molecular formula is C20H21ClN2O3S. The molecule has 1 aliphatic rings. The molecule has 142 valence electrons. The average molecular weight is 405 g/mol. The Bertz CT molecular complexity index is 1050. The van der Waals surface area contributed by atoms with E-state index in [0.717, 1.165) is 29.5 Å². The molecule has 1 N–H and O–H groups in total. The van der Waals surface area contributed by atoms with Gasteiger partial charge in [0.1, 0.15) is 5.75 Å². The van der Waals surface area contributed by atoms with Gasteiger partial charge in [-0.25, -0.2) is 8.42 Å². The topological polar surface area (TPSA) is 62.4 Å². The lowest BCUT2D eigenvalue weighted by Crippen LogP contribution is -2.37. The zero-order valence-electron chi connectivity index (χ0n) is 15.0. The van der Waals surface area contributed by atoms with Crippen LogP contribution in [0.3, 0.4) is 0 Å². The summed E-state index contributed by atoms with van der Waals surface area (Å²) in [5.41, 5.74) is 2.30. The standard InChI is InChI=1S/C20H21ClN2O3S/c1-26-16-4-7-20-18(12-16)19(13-22-20)14-8-10-23(11-9-14)27(24,25)17-5-2-15(21)3-6-17/h2-7,12-14,22H,8-11H2,1H3. The predicted molar refractivity (Wildman–Crippen MR) is 107 cm³/mol. The van der Waals surface area contributed by atoms with Gasteiger partial charge in [-0.15, -0.1) is 0 Å². The number of piperidine rings is 1. The second-order valence-electron chi connectivity index (χ2n) is 6.79. The number of hydrogen-bond acceptors (Lipinski definition) is 3. The van der Waals surface area contributed by atoms with Gasteiger partial charge in [0.15, 0.2) is 0 Å². The van der Waals surface area contributed by atoms with Crippen LogP contribution < -0.4 is 4.74 Å². The predicted octanol–water partition coefficient (Wildman–Crippen LogP) is 4.40. The summed E-state index contributed by atoms with van der Waals surface area (Å²) in [5.74, 6) is 1.15. The van der Waals surface area contributed by atoms with Gasteiger partial charge in [0.2, 0.25) is 10.0 Å². The van der Waals surface area contributed by atoms with Crippen molar-refractivity contribution >= 4 is 32.5 Å². The molecule has 3 aromatic rings. The van der Waals surface area contributed by atoms with Crippen molar-refractivity contribution in [1.29, 1.82) is 0 Å². The number of rotatable bonds is 4. The van der Waals surface area contributed by atoms with E-state index in [4.69, 9.17) is 16.3 Å². The number of methoxy groups -OCH3 is 1. The number of aromatic amines is 1. The van der Waals surface area contributed by atoms with E-state index in [1.807, 2.05) is 24.4 Å². The molecule has 2 heterocycles. The molecule has 5 nitrogen and oxygen atoms in total. The van der Waals surface area contributed by atoms with Gasteiger partial charge >= 0.3 is 0 Å². The monoisotopic (exact) mass is 404 g/mol. The molecular weight excluding hydrogens is 384 g/mol. The molecule has 0 aliphatic carbocycles. The Balaban J connectivity index is 1.53. The fraction of sp³-hybridized carbons (Fsp3) is 0.300. The number of aromatic nitrogens is 1. The molecule has 0 spiro atoms. The van der Waals surface area contributed by atoms with Crippen molar-refractivity contribution in [2.45, 2.75) is 23.7 Å². The number of H-pyrrole nitrogens is 1. The summed E-state index contributed by atoms with van der Waals surface area (Å²) in [5, 5.41) is 1.68.